The Morgan fingerprint density at radius 1 is 1.44 bits per heavy atom. The highest BCUT2D eigenvalue weighted by molar-refractivity contribution is 5.78. The molecule has 0 saturated heterocycles. The van der Waals surface area contributed by atoms with Crippen molar-refractivity contribution >= 4 is 5.91 Å². The molecule has 0 atom stereocenters. The van der Waals surface area contributed by atoms with Crippen molar-refractivity contribution in [3.8, 4) is 5.75 Å². The maximum absolute atomic E-state index is 13.3. The number of nitrogens with zero attached hydrogens (tertiary/aromatic N) is 1. The minimum absolute atomic E-state index is 0.0675. The van der Waals surface area contributed by atoms with Gasteiger partial charge in [-0.2, -0.15) is 0 Å². The number of aliphatic hydroxyl groups is 1. The normalized spacial score (nSPS) is 14.3. The molecule has 1 fully saturated rings. The van der Waals surface area contributed by atoms with E-state index in [-0.39, 0.29) is 30.9 Å². The van der Waals surface area contributed by atoms with E-state index in [1.807, 2.05) is 0 Å². The zero-order chi connectivity index (χ0) is 13.0. The van der Waals surface area contributed by atoms with Crippen molar-refractivity contribution < 1.29 is 19.0 Å². The van der Waals surface area contributed by atoms with Gasteiger partial charge in [0.1, 0.15) is 0 Å². The largest absolute Gasteiger partial charge is 0.481 e. The molecule has 0 unspecified atom stereocenters. The molecule has 0 bridgehead atoms. The molecule has 0 radical (unpaired) electrons. The lowest BCUT2D eigenvalue weighted by Crippen LogP contribution is -2.38. The van der Waals surface area contributed by atoms with Crippen LogP contribution in [0.2, 0.25) is 0 Å². The molecule has 0 aliphatic heterocycles. The SMILES string of the molecule is O=C(COc1ccccc1F)N(CCO)C1CC1. The van der Waals surface area contributed by atoms with Gasteiger partial charge in [-0.3, -0.25) is 4.79 Å². The van der Waals surface area contributed by atoms with Crippen LogP contribution < -0.4 is 4.74 Å². The molecule has 4 nitrogen and oxygen atoms in total. The molecule has 18 heavy (non-hydrogen) atoms. The van der Waals surface area contributed by atoms with Crippen molar-refractivity contribution in [3.63, 3.8) is 0 Å². The van der Waals surface area contributed by atoms with Gasteiger partial charge in [0.15, 0.2) is 18.2 Å². The highest BCUT2D eigenvalue weighted by Gasteiger charge is 2.32. The van der Waals surface area contributed by atoms with E-state index >= 15 is 0 Å². The number of hydrogen-bond donors (Lipinski definition) is 1. The first-order valence-electron chi connectivity index (χ1n) is 6.00. The van der Waals surface area contributed by atoms with Crippen LogP contribution in [0.15, 0.2) is 24.3 Å². The van der Waals surface area contributed by atoms with Crippen LogP contribution in [-0.2, 0) is 4.79 Å². The van der Waals surface area contributed by atoms with Gasteiger partial charge in [-0.05, 0) is 25.0 Å². The Labute approximate surface area is 105 Å². The number of carbonyl (C=O) groups is 1. The summed E-state index contributed by atoms with van der Waals surface area (Å²) in [4.78, 5) is 13.5. The molecular formula is C13H16FNO3. The second-order valence-corrected chi connectivity index (χ2v) is 4.26. The number of aliphatic hydroxyl groups excluding tert-OH is 1. The smallest absolute Gasteiger partial charge is 0.260 e. The van der Waals surface area contributed by atoms with E-state index in [0.717, 1.165) is 12.8 Å². The number of rotatable bonds is 6. The second kappa shape index (κ2) is 5.82. The monoisotopic (exact) mass is 253 g/mol. The number of benzene rings is 1. The Balaban J connectivity index is 1.89. The number of halogens is 1. The van der Waals surface area contributed by atoms with E-state index in [1.54, 1.807) is 17.0 Å². The molecule has 1 aromatic carbocycles. The minimum Gasteiger partial charge on any atom is -0.481 e. The van der Waals surface area contributed by atoms with E-state index in [0.29, 0.717) is 6.54 Å². The number of ether oxygens (including phenoxy) is 1. The van der Waals surface area contributed by atoms with Gasteiger partial charge in [-0.25, -0.2) is 4.39 Å². The summed E-state index contributed by atoms with van der Waals surface area (Å²) in [6, 6.07) is 6.19. The fourth-order valence-corrected chi connectivity index (χ4v) is 1.79. The first-order valence-corrected chi connectivity index (χ1v) is 6.00. The Bertz CT molecular complexity index is 420. The third-order valence-electron chi connectivity index (χ3n) is 2.84. The standard InChI is InChI=1S/C13H16FNO3/c14-11-3-1-2-4-12(11)18-9-13(17)15(7-8-16)10-5-6-10/h1-4,10,16H,5-9H2. The van der Waals surface area contributed by atoms with Gasteiger partial charge >= 0.3 is 0 Å². The Kier molecular flexibility index (Phi) is 4.15. The first kappa shape index (κ1) is 12.8. The predicted octanol–water partition coefficient (Wildman–Crippen LogP) is 1.19. The van der Waals surface area contributed by atoms with Gasteiger partial charge in [-0.15, -0.1) is 0 Å². The molecule has 5 heteroatoms. The summed E-state index contributed by atoms with van der Waals surface area (Å²) in [5.41, 5.74) is 0. The van der Waals surface area contributed by atoms with E-state index in [1.165, 1.54) is 12.1 Å². The van der Waals surface area contributed by atoms with Crippen LogP contribution in [0, 0.1) is 5.82 Å². The third-order valence-corrected chi connectivity index (χ3v) is 2.84. The molecule has 0 aromatic heterocycles. The number of hydrogen-bond acceptors (Lipinski definition) is 3. The van der Waals surface area contributed by atoms with Crippen molar-refractivity contribution in [2.75, 3.05) is 19.8 Å². The summed E-state index contributed by atoms with van der Waals surface area (Å²) in [6.07, 6.45) is 1.93. The Hall–Kier alpha value is -1.62. The lowest BCUT2D eigenvalue weighted by atomic mass is 10.3. The molecule has 98 valence electrons. The van der Waals surface area contributed by atoms with Crippen LogP contribution in [0.25, 0.3) is 0 Å². The van der Waals surface area contributed by atoms with Gasteiger partial charge in [0, 0.05) is 12.6 Å². The van der Waals surface area contributed by atoms with Gasteiger partial charge in [0.05, 0.1) is 6.61 Å². The quantitative estimate of drug-likeness (QED) is 0.828. The molecule has 1 N–H and O–H groups in total. The average molecular weight is 253 g/mol. The number of carbonyl (C=O) groups excluding carboxylic acids is 1. The summed E-state index contributed by atoms with van der Waals surface area (Å²) in [5, 5.41) is 8.90. The summed E-state index contributed by atoms with van der Waals surface area (Å²) in [7, 11) is 0. The molecule has 1 amide bonds. The van der Waals surface area contributed by atoms with Gasteiger partial charge < -0.3 is 14.7 Å². The highest BCUT2D eigenvalue weighted by Crippen LogP contribution is 2.26. The van der Waals surface area contributed by atoms with Gasteiger partial charge in [0.2, 0.25) is 0 Å². The molecule has 2 rings (SSSR count). The minimum atomic E-state index is -0.481. The van der Waals surface area contributed by atoms with Crippen LogP contribution >= 0.6 is 0 Å². The van der Waals surface area contributed by atoms with E-state index in [4.69, 9.17) is 9.84 Å². The van der Waals surface area contributed by atoms with E-state index in [2.05, 4.69) is 0 Å². The van der Waals surface area contributed by atoms with Crippen molar-refractivity contribution in [1.82, 2.24) is 4.90 Å². The maximum Gasteiger partial charge on any atom is 0.260 e. The lowest BCUT2D eigenvalue weighted by Gasteiger charge is -2.21. The van der Waals surface area contributed by atoms with Crippen LogP contribution in [0.5, 0.6) is 5.75 Å². The fraction of sp³-hybridized carbons (Fsp3) is 0.462. The second-order valence-electron chi connectivity index (χ2n) is 4.26. The summed E-state index contributed by atoms with van der Waals surface area (Å²) < 4.78 is 18.4. The molecule has 0 heterocycles. The van der Waals surface area contributed by atoms with Gasteiger partial charge in [0.25, 0.3) is 5.91 Å². The summed E-state index contributed by atoms with van der Waals surface area (Å²) >= 11 is 0. The molecule has 0 spiro atoms. The van der Waals surface area contributed by atoms with Crippen molar-refractivity contribution in [3.05, 3.63) is 30.1 Å². The molecular weight excluding hydrogens is 237 g/mol. The average Bonchev–Trinajstić information content (AvgIpc) is 3.19. The zero-order valence-corrected chi connectivity index (χ0v) is 10.0. The lowest BCUT2D eigenvalue weighted by molar-refractivity contribution is -0.134. The summed E-state index contributed by atoms with van der Waals surface area (Å²) in [5.74, 6) is -0.620. The van der Waals surface area contributed by atoms with Crippen molar-refractivity contribution in [2.45, 2.75) is 18.9 Å². The van der Waals surface area contributed by atoms with E-state index < -0.39 is 5.82 Å². The predicted molar refractivity (Wildman–Crippen MR) is 63.7 cm³/mol. The Morgan fingerprint density at radius 3 is 2.78 bits per heavy atom. The van der Waals surface area contributed by atoms with Crippen LogP contribution in [0.1, 0.15) is 12.8 Å². The number of amides is 1. The Morgan fingerprint density at radius 2 is 2.17 bits per heavy atom. The van der Waals surface area contributed by atoms with Crippen molar-refractivity contribution in [2.24, 2.45) is 0 Å². The van der Waals surface area contributed by atoms with Crippen LogP contribution in [-0.4, -0.2) is 41.7 Å². The molecule has 1 aliphatic rings. The maximum atomic E-state index is 13.3. The topological polar surface area (TPSA) is 49.8 Å². The first-order chi connectivity index (χ1) is 8.72. The summed E-state index contributed by atoms with van der Waals surface area (Å²) in [6.45, 7) is 0.0451. The molecule has 1 aromatic rings. The molecule has 1 aliphatic carbocycles. The molecule has 1 saturated carbocycles. The zero-order valence-electron chi connectivity index (χ0n) is 10.0. The number of para-hydroxylation sites is 1. The van der Waals surface area contributed by atoms with E-state index in [9.17, 15) is 9.18 Å². The fourth-order valence-electron chi connectivity index (χ4n) is 1.79. The van der Waals surface area contributed by atoms with Crippen LogP contribution in [0.4, 0.5) is 4.39 Å². The van der Waals surface area contributed by atoms with Crippen molar-refractivity contribution in [1.29, 1.82) is 0 Å². The van der Waals surface area contributed by atoms with Gasteiger partial charge in [-0.1, -0.05) is 12.1 Å². The van der Waals surface area contributed by atoms with Crippen LogP contribution in [0.3, 0.4) is 0 Å². The highest BCUT2D eigenvalue weighted by atomic mass is 19.1. The third kappa shape index (κ3) is 3.20.